The van der Waals surface area contributed by atoms with Crippen molar-refractivity contribution < 1.29 is 19.1 Å². The maximum Gasteiger partial charge on any atom is 0.258 e. The third kappa shape index (κ3) is 2.82. The van der Waals surface area contributed by atoms with E-state index in [4.69, 9.17) is 23.2 Å². The molecule has 4 nitrogen and oxygen atoms in total. The first-order valence-electron chi connectivity index (χ1n) is 10.3. The van der Waals surface area contributed by atoms with E-state index in [9.17, 15) is 19.1 Å². The van der Waals surface area contributed by atoms with E-state index < -0.39 is 33.3 Å². The third-order valence-electron chi connectivity index (χ3n) is 6.54. The largest absolute Gasteiger partial charge is 0.508 e. The normalized spacial score (nSPS) is 26.9. The lowest BCUT2D eigenvalue weighted by Gasteiger charge is -2.42. The maximum atomic E-state index is 13.9. The zero-order chi connectivity index (χ0) is 23.5. The summed E-state index contributed by atoms with van der Waals surface area (Å²) in [6.07, 6.45) is 3.28. The van der Waals surface area contributed by atoms with Crippen LogP contribution in [0.25, 0.3) is 10.8 Å². The molecule has 0 unspecified atom stereocenters. The Bertz CT molecular complexity index is 1370. The zero-order valence-corrected chi connectivity index (χ0v) is 18.8. The highest BCUT2D eigenvalue weighted by atomic mass is 35.5. The molecule has 1 saturated heterocycles. The number of imide groups is 1. The maximum absolute atomic E-state index is 13.9. The van der Waals surface area contributed by atoms with Crippen LogP contribution in [0, 0.1) is 5.82 Å². The molecule has 3 aromatic carbocycles. The van der Waals surface area contributed by atoms with Crippen LogP contribution in [-0.4, -0.2) is 26.7 Å². The Balaban J connectivity index is 1.79. The predicted molar refractivity (Wildman–Crippen MR) is 127 cm³/mol. The average Bonchev–Trinajstić information content (AvgIpc) is 2.97. The summed E-state index contributed by atoms with van der Waals surface area (Å²) in [5.41, 5.74) is 1.14. The smallest absolute Gasteiger partial charge is 0.258 e. The molecule has 1 heterocycles. The lowest BCUT2D eigenvalue weighted by atomic mass is 9.67. The lowest BCUT2D eigenvalue weighted by molar-refractivity contribution is -0.122. The Morgan fingerprint density at radius 2 is 1.73 bits per heavy atom. The average molecular weight is 482 g/mol. The molecule has 1 aliphatic heterocycles. The minimum Gasteiger partial charge on any atom is -0.508 e. The molecule has 0 aromatic heterocycles. The van der Waals surface area contributed by atoms with Crippen molar-refractivity contribution in [3.8, 4) is 5.75 Å². The number of carbonyl (C=O) groups excluding carboxylic acids is 2. The number of anilines is 1. The van der Waals surface area contributed by atoms with Crippen molar-refractivity contribution in [3.63, 3.8) is 0 Å². The van der Waals surface area contributed by atoms with Crippen molar-refractivity contribution >= 4 is 51.5 Å². The van der Waals surface area contributed by atoms with Crippen molar-refractivity contribution in [2.75, 3.05) is 4.90 Å². The predicted octanol–water partition coefficient (Wildman–Crippen LogP) is 5.81. The number of rotatable bonds is 3. The number of hydrogen-bond donors (Lipinski definition) is 1. The van der Waals surface area contributed by atoms with E-state index in [1.165, 1.54) is 18.2 Å². The second-order valence-corrected chi connectivity index (χ2v) is 9.44. The Morgan fingerprint density at radius 3 is 2.42 bits per heavy atom. The number of aromatic hydroxyl groups is 1. The lowest BCUT2D eigenvalue weighted by Crippen LogP contribution is -2.55. The number of phenols is 1. The Labute approximate surface area is 199 Å². The van der Waals surface area contributed by atoms with E-state index in [2.05, 4.69) is 6.58 Å². The molecule has 166 valence electrons. The first kappa shape index (κ1) is 21.7. The molecular formula is C26H18Cl2FNO3. The van der Waals surface area contributed by atoms with Crippen LogP contribution in [0.1, 0.15) is 17.9 Å². The van der Waals surface area contributed by atoms with Crippen LogP contribution in [0.2, 0.25) is 0 Å². The monoisotopic (exact) mass is 481 g/mol. The Kier molecular flexibility index (Phi) is 4.89. The molecule has 5 rings (SSSR count). The summed E-state index contributed by atoms with van der Waals surface area (Å²) in [5, 5.41) is 12.4. The summed E-state index contributed by atoms with van der Waals surface area (Å²) in [6.45, 7) is 3.87. The van der Waals surface area contributed by atoms with Crippen molar-refractivity contribution in [2.24, 2.45) is 0 Å². The van der Waals surface area contributed by atoms with Gasteiger partial charge in [0, 0.05) is 11.5 Å². The molecule has 33 heavy (non-hydrogen) atoms. The molecular weight excluding hydrogens is 464 g/mol. The van der Waals surface area contributed by atoms with E-state index >= 15 is 0 Å². The second-order valence-electron chi connectivity index (χ2n) is 8.20. The summed E-state index contributed by atoms with van der Waals surface area (Å²) < 4.78 is 13.5. The van der Waals surface area contributed by atoms with Crippen LogP contribution in [0.5, 0.6) is 5.75 Å². The van der Waals surface area contributed by atoms with E-state index in [1.807, 2.05) is 24.3 Å². The molecule has 0 saturated carbocycles. The fourth-order valence-corrected chi connectivity index (χ4v) is 5.76. The molecule has 1 N–H and O–H groups in total. The number of nitrogens with zero attached hydrogens (tertiary/aromatic N) is 1. The van der Waals surface area contributed by atoms with Crippen LogP contribution in [0.15, 0.2) is 85.0 Å². The SMILES string of the molecule is C=CC1=CC[C@@]2(Cl)C(=O)N(c3ccc(F)cc3)C(=O)[C@@]2(Cl)[C@H]1c1c(O)ccc2ccccc12. The van der Waals surface area contributed by atoms with Gasteiger partial charge in [0.15, 0.2) is 9.75 Å². The summed E-state index contributed by atoms with van der Waals surface area (Å²) in [6, 6.07) is 15.6. The molecule has 3 aromatic rings. The van der Waals surface area contributed by atoms with Crippen LogP contribution in [-0.2, 0) is 9.59 Å². The van der Waals surface area contributed by atoms with Gasteiger partial charge in [-0.1, -0.05) is 49.1 Å². The number of fused-ring (bicyclic) bond motifs is 2. The molecule has 0 radical (unpaired) electrons. The van der Waals surface area contributed by atoms with Gasteiger partial charge in [0.1, 0.15) is 11.6 Å². The van der Waals surface area contributed by atoms with Crippen LogP contribution in [0.3, 0.4) is 0 Å². The molecule has 0 spiro atoms. The van der Waals surface area contributed by atoms with Crippen molar-refractivity contribution in [3.05, 3.63) is 96.3 Å². The quantitative estimate of drug-likeness (QED) is 0.379. The van der Waals surface area contributed by atoms with Gasteiger partial charge in [0.2, 0.25) is 0 Å². The molecule has 2 amide bonds. The first-order chi connectivity index (χ1) is 15.7. The second kappa shape index (κ2) is 7.44. The number of hydrogen-bond acceptors (Lipinski definition) is 3. The number of phenolic OH excluding ortho intramolecular Hbond substituents is 1. The van der Waals surface area contributed by atoms with Crippen molar-refractivity contribution in [1.29, 1.82) is 0 Å². The zero-order valence-electron chi connectivity index (χ0n) is 17.3. The van der Waals surface area contributed by atoms with Crippen molar-refractivity contribution in [1.82, 2.24) is 0 Å². The molecule has 7 heteroatoms. The van der Waals surface area contributed by atoms with E-state index in [0.717, 1.165) is 22.4 Å². The fourth-order valence-electron chi connectivity index (χ4n) is 4.93. The van der Waals surface area contributed by atoms with Crippen molar-refractivity contribution in [2.45, 2.75) is 22.1 Å². The van der Waals surface area contributed by atoms with Crippen LogP contribution in [0.4, 0.5) is 10.1 Å². The highest BCUT2D eigenvalue weighted by Crippen LogP contribution is 2.61. The van der Waals surface area contributed by atoms with E-state index in [1.54, 1.807) is 18.2 Å². The minimum absolute atomic E-state index is 0.0102. The standard InChI is InChI=1S/C26H18Cl2FNO3/c1-2-15-13-14-25(27)23(32)30(18-10-8-17(29)9-11-18)24(33)26(25,28)22(15)21-19-6-4-3-5-16(19)7-12-20(21)31/h2-13,22,31H,1,14H2/t22-,25-,26+/m1/s1. The highest BCUT2D eigenvalue weighted by Gasteiger charge is 2.73. The molecule has 3 atom stereocenters. The van der Waals surface area contributed by atoms with Gasteiger partial charge in [-0.2, -0.15) is 0 Å². The summed E-state index contributed by atoms with van der Waals surface area (Å²) in [5.74, 6) is -2.98. The van der Waals surface area contributed by atoms with Gasteiger partial charge in [0.05, 0.1) is 5.69 Å². The number of halogens is 3. The summed E-state index contributed by atoms with van der Waals surface area (Å²) in [7, 11) is 0. The number of amides is 2. The van der Waals surface area contributed by atoms with Gasteiger partial charge in [-0.25, -0.2) is 9.29 Å². The van der Waals surface area contributed by atoms with Gasteiger partial charge in [-0.15, -0.1) is 23.2 Å². The summed E-state index contributed by atoms with van der Waals surface area (Å²) in [4.78, 5) is 24.6. The number of allylic oxidation sites excluding steroid dienone is 3. The topological polar surface area (TPSA) is 57.6 Å². The molecule has 1 aliphatic carbocycles. The first-order valence-corrected chi connectivity index (χ1v) is 11.0. The number of carbonyl (C=O) groups is 2. The minimum atomic E-state index is -1.96. The molecule has 2 aliphatic rings. The fraction of sp³-hybridized carbons (Fsp3) is 0.154. The number of alkyl halides is 2. The Hall–Kier alpha value is -3.15. The van der Waals surface area contributed by atoms with Gasteiger partial charge in [-0.05, 0) is 53.1 Å². The van der Waals surface area contributed by atoms with E-state index in [-0.39, 0.29) is 17.9 Å². The van der Waals surface area contributed by atoms with Crippen LogP contribution >= 0.6 is 23.2 Å². The number of benzene rings is 3. The van der Waals surface area contributed by atoms with E-state index in [0.29, 0.717) is 16.5 Å². The molecule has 0 bridgehead atoms. The third-order valence-corrected chi connectivity index (χ3v) is 7.95. The summed E-state index contributed by atoms with van der Waals surface area (Å²) >= 11 is 14.1. The van der Waals surface area contributed by atoms with Gasteiger partial charge < -0.3 is 5.11 Å². The Morgan fingerprint density at radius 1 is 1.03 bits per heavy atom. The van der Waals surface area contributed by atoms with Gasteiger partial charge >= 0.3 is 0 Å². The van der Waals surface area contributed by atoms with Gasteiger partial charge in [0.25, 0.3) is 11.8 Å². The highest BCUT2D eigenvalue weighted by molar-refractivity contribution is 6.58. The van der Waals surface area contributed by atoms with Gasteiger partial charge in [-0.3, -0.25) is 9.59 Å². The molecule has 1 fully saturated rings. The van der Waals surface area contributed by atoms with Crippen LogP contribution < -0.4 is 4.90 Å².